The molecule has 170 valence electrons. The first-order valence-electron chi connectivity index (χ1n) is 9.01. The minimum atomic E-state index is -4.78. The number of ether oxygens (including phenoxy) is 1. The van der Waals surface area contributed by atoms with E-state index in [2.05, 4.69) is 0 Å². The van der Waals surface area contributed by atoms with Crippen molar-refractivity contribution in [1.82, 2.24) is 4.90 Å². The molecule has 0 aliphatic carbocycles. The van der Waals surface area contributed by atoms with E-state index in [-0.39, 0.29) is 12.3 Å². The highest BCUT2D eigenvalue weighted by Crippen LogP contribution is 2.25. The molecule has 0 spiro atoms. The number of amides is 1. The SMILES string of the molecule is CN(CC(O)c1ccc(OS(=O)(=O)c2ccc(F)c(F)c2F)cc1)C(=O)OC(C)(C)C. The van der Waals surface area contributed by atoms with Gasteiger partial charge in [-0.25, -0.2) is 18.0 Å². The maximum atomic E-state index is 13.8. The van der Waals surface area contributed by atoms with Crippen LogP contribution >= 0.6 is 0 Å². The predicted octanol–water partition coefficient (Wildman–Crippen LogP) is 3.77. The van der Waals surface area contributed by atoms with Crippen molar-refractivity contribution in [3.05, 3.63) is 59.4 Å². The third-order valence-electron chi connectivity index (χ3n) is 3.89. The van der Waals surface area contributed by atoms with Crippen molar-refractivity contribution in [2.24, 2.45) is 0 Å². The molecule has 0 saturated heterocycles. The van der Waals surface area contributed by atoms with Gasteiger partial charge in [0.05, 0.1) is 12.6 Å². The number of rotatable bonds is 6. The van der Waals surface area contributed by atoms with E-state index < -0.39 is 50.3 Å². The van der Waals surface area contributed by atoms with Gasteiger partial charge >= 0.3 is 16.2 Å². The maximum Gasteiger partial charge on any atom is 0.410 e. The summed E-state index contributed by atoms with van der Waals surface area (Å²) in [7, 11) is -3.34. The van der Waals surface area contributed by atoms with Crippen molar-refractivity contribution in [3.63, 3.8) is 0 Å². The number of carbonyl (C=O) groups excluding carboxylic acids is 1. The number of halogens is 3. The van der Waals surface area contributed by atoms with Gasteiger partial charge in [0.2, 0.25) is 0 Å². The normalized spacial score (nSPS) is 12.9. The second-order valence-corrected chi connectivity index (χ2v) is 9.17. The number of hydrogen-bond acceptors (Lipinski definition) is 6. The highest BCUT2D eigenvalue weighted by Gasteiger charge is 2.26. The third kappa shape index (κ3) is 6.34. The van der Waals surface area contributed by atoms with Gasteiger partial charge in [0.1, 0.15) is 16.2 Å². The molecular formula is C20H22F3NO6S. The van der Waals surface area contributed by atoms with E-state index in [0.29, 0.717) is 17.7 Å². The molecule has 0 fully saturated rings. The fourth-order valence-electron chi connectivity index (χ4n) is 2.40. The van der Waals surface area contributed by atoms with E-state index in [1.165, 1.54) is 36.2 Å². The number of carbonyl (C=O) groups is 1. The molecule has 1 amide bonds. The average Bonchev–Trinajstić information content (AvgIpc) is 2.64. The van der Waals surface area contributed by atoms with E-state index in [9.17, 15) is 31.5 Å². The molecule has 2 aromatic rings. The largest absolute Gasteiger partial charge is 0.444 e. The number of likely N-dealkylation sites (N-methyl/N-ethyl adjacent to an activating group) is 1. The van der Waals surface area contributed by atoms with Gasteiger partial charge in [-0.1, -0.05) is 12.1 Å². The van der Waals surface area contributed by atoms with Gasteiger partial charge < -0.3 is 18.9 Å². The summed E-state index contributed by atoms with van der Waals surface area (Å²) in [6.45, 7) is 5.00. The fourth-order valence-corrected chi connectivity index (χ4v) is 3.40. The number of nitrogens with zero attached hydrogens (tertiary/aromatic N) is 1. The lowest BCUT2D eigenvalue weighted by Crippen LogP contribution is -2.36. The quantitative estimate of drug-likeness (QED) is 0.520. The summed E-state index contributed by atoms with van der Waals surface area (Å²) >= 11 is 0. The Kier molecular flexibility index (Phi) is 7.22. The van der Waals surface area contributed by atoms with E-state index in [0.717, 1.165) is 0 Å². The van der Waals surface area contributed by atoms with Gasteiger partial charge in [0.15, 0.2) is 17.5 Å². The first-order chi connectivity index (χ1) is 14.2. The first kappa shape index (κ1) is 24.5. The molecular weight excluding hydrogens is 439 g/mol. The summed E-state index contributed by atoms with van der Waals surface area (Å²) in [5.74, 6) is -5.61. The minimum Gasteiger partial charge on any atom is -0.444 e. The topological polar surface area (TPSA) is 93.1 Å². The van der Waals surface area contributed by atoms with Crippen molar-refractivity contribution >= 4 is 16.2 Å². The minimum absolute atomic E-state index is 0.104. The van der Waals surface area contributed by atoms with Crippen LogP contribution in [0.4, 0.5) is 18.0 Å². The standard InChI is InChI=1S/C20H22F3NO6S/c1-20(2,3)29-19(26)24(4)11-15(25)12-5-7-13(8-6-12)30-31(27,28)16-10-9-14(21)17(22)18(16)23/h5-10,15,25H,11H2,1-4H3. The molecule has 0 radical (unpaired) electrons. The molecule has 2 rings (SSSR count). The van der Waals surface area contributed by atoms with Crippen LogP contribution in [0.1, 0.15) is 32.4 Å². The highest BCUT2D eigenvalue weighted by molar-refractivity contribution is 7.87. The zero-order valence-corrected chi connectivity index (χ0v) is 18.0. The molecule has 0 saturated carbocycles. The van der Waals surface area contributed by atoms with Gasteiger partial charge in [-0.05, 0) is 50.6 Å². The van der Waals surface area contributed by atoms with Crippen molar-refractivity contribution in [3.8, 4) is 5.75 Å². The monoisotopic (exact) mass is 461 g/mol. The third-order valence-corrected chi connectivity index (χ3v) is 5.16. The summed E-state index contributed by atoms with van der Waals surface area (Å²) < 4.78 is 74.4. The van der Waals surface area contributed by atoms with E-state index in [1.807, 2.05) is 0 Å². The molecule has 0 heterocycles. The van der Waals surface area contributed by atoms with Crippen molar-refractivity contribution < 1.29 is 40.4 Å². The lowest BCUT2D eigenvalue weighted by Gasteiger charge is -2.26. The average molecular weight is 461 g/mol. The van der Waals surface area contributed by atoms with E-state index >= 15 is 0 Å². The maximum absolute atomic E-state index is 13.8. The molecule has 1 atom stereocenters. The molecule has 0 aliphatic heterocycles. The second kappa shape index (κ2) is 9.15. The van der Waals surface area contributed by atoms with Crippen LogP contribution in [0.15, 0.2) is 41.3 Å². The first-order valence-corrected chi connectivity index (χ1v) is 10.4. The fraction of sp³-hybridized carbons (Fsp3) is 0.350. The van der Waals surface area contributed by atoms with Gasteiger partial charge in [-0.3, -0.25) is 0 Å². The van der Waals surface area contributed by atoms with Crippen LogP contribution in [-0.4, -0.2) is 43.7 Å². The van der Waals surface area contributed by atoms with Crippen LogP contribution in [0.25, 0.3) is 0 Å². The lowest BCUT2D eigenvalue weighted by molar-refractivity contribution is 0.0205. The summed E-state index contributed by atoms with van der Waals surface area (Å²) in [4.78, 5) is 12.0. The summed E-state index contributed by atoms with van der Waals surface area (Å²) in [5, 5.41) is 10.3. The van der Waals surface area contributed by atoms with Crippen molar-refractivity contribution in [2.75, 3.05) is 13.6 Å². The smallest absolute Gasteiger partial charge is 0.410 e. The van der Waals surface area contributed by atoms with Gasteiger partial charge in [-0.2, -0.15) is 8.42 Å². The molecule has 1 N–H and O–H groups in total. The number of aliphatic hydroxyl groups is 1. The molecule has 0 aromatic heterocycles. The van der Waals surface area contributed by atoms with Crippen molar-refractivity contribution in [1.29, 1.82) is 0 Å². The van der Waals surface area contributed by atoms with Crippen LogP contribution in [0, 0.1) is 17.5 Å². The zero-order valence-electron chi connectivity index (χ0n) is 17.2. The molecule has 7 nitrogen and oxygen atoms in total. The number of hydrogen-bond donors (Lipinski definition) is 1. The predicted molar refractivity (Wildman–Crippen MR) is 104 cm³/mol. The number of aliphatic hydroxyl groups excluding tert-OH is 1. The Balaban J connectivity index is 2.09. The lowest BCUT2D eigenvalue weighted by atomic mass is 10.1. The van der Waals surface area contributed by atoms with Gasteiger partial charge in [0.25, 0.3) is 0 Å². The molecule has 0 aliphatic rings. The second-order valence-electron chi connectivity index (χ2n) is 7.66. The summed E-state index contributed by atoms with van der Waals surface area (Å²) in [6.07, 6.45) is -1.75. The molecule has 11 heteroatoms. The highest BCUT2D eigenvalue weighted by atomic mass is 32.2. The van der Waals surface area contributed by atoms with Crippen LogP contribution in [0.5, 0.6) is 5.75 Å². The molecule has 31 heavy (non-hydrogen) atoms. The Morgan fingerprint density at radius 2 is 1.65 bits per heavy atom. The molecule has 2 aromatic carbocycles. The van der Waals surface area contributed by atoms with Crippen LogP contribution < -0.4 is 4.18 Å². The van der Waals surface area contributed by atoms with Crippen LogP contribution in [0.2, 0.25) is 0 Å². The Labute approximate surface area is 178 Å². The van der Waals surface area contributed by atoms with Crippen molar-refractivity contribution in [2.45, 2.75) is 37.4 Å². The Morgan fingerprint density at radius 3 is 2.19 bits per heavy atom. The van der Waals surface area contributed by atoms with E-state index in [4.69, 9.17) is 8.92 Å². The van der Waals surface area contributed by atoms with Crippen LogP contribution in [-0.2, 0) is 14.9 Å². The molecule has 0 bridgehead atoms. The summed E-state index contributed by atoms with van der Waals surface area (Å²) in [5.41, 5.74) is -0.368. The number of benzene rings is 2. The van der Waals surface area contributed by atoms with Crippen LogP contribution in [0.3, 0.4) is 0 Å². The Morgan fingerprint density at radius 1 is 1.06 bits per heavy atom. The molecule has 1 unspecified atom stereocenters. The van der Waals surface area contributed by atoms with Gasteiger partial charge in [0, 0.05) is 7.05 Å². The zero-order chi connectivity index (χ0) is 23.6. The van der Waals surface area contributed by atoms with E-state index in [1.54, 1.807) is 20.8 Å². The van der Waals surface area contributed by atoms with Gasteiger partial charge in [-0.15, -0.1) is 0 Å². The Hall–Kier alpha value is -2.79. The summed E-state index contributed by atoms with van der Waals surface area (Å²) in [6, 6.07) is 6.05. The Bertz CT molecular complexity index is 1050.